The molecule has 1 aliphatic carbocycles. The number of amides is 1. The smallest absolute Gasteiger partial charge is 0.339 e. The summed E-state index contributed by atoms with van der Waals surface area (Å²) in [6.07, 6.45) is 6.93. The van der Waals surface area contributed by atoms with Crippen LogP contribution in [0.1, 0.15) is 55.8 Å². The molecule has 2 fully saturated rings. The van der Waals surface area contributed by atoms with Gasteiger partial charge in [-0.3, -0.25) is 4.79 Å². The first kappa shape index (κ1) is 20.2. The minimum atomic E-state index is -0.447. The second kappa shape index (κ2) is 10.1. The summed E-state index contributed by atoms with van der Waals surface area (Å²) in [4.78, 5) is 25.5. The van der Waals surface area contributed by atoms with E-state index in [9.17, 15) is 9.59 Å². The maximum Gasteiger partial charge on any atom is 0.339 e. The normalized spacial score (nSPS) is 25.1. The predicted molar refractivity (Wildman–Crippen MR) is 106 cm³/mol. The molecule has 0 aromatic heterocycles. The first-order valence-electron chi connectivity index (χ1n) is 9.93. The third-order valence-electron chi connectivity index (χ3n) is 5.35. The van der Waals surface area contributed by atoms with Crippen LogP contribution in [-0.4, -0.2) is 43.0 Å². The minimum absolute atomic E-state index is 0.194. The molecule has 1 aromatic rings. The van der Waals surface area contributed by atoms with E-state index in [-0.39, 0.29) is 24.7 Å². The van der Waals surface area contributed by atoms with Gasteiger partial charge in [-0.05, 0) is 43.7 Å². The fourth-order valence-electron chi connectivity index (χ4n) is 3.71. The van der Waals surface area contributed by atoms with Crippen molar-refractivity contribution >= 4 is 23.6 Å². The number of benzene rings is 1. The molecule has 1 N–H and O–H groups in total. The molecule has 3 atom stereocenters. The summed E-state index contributed by atoms with van der Waals surface area (Å²) in [6.45, 7) is 2.76. The predicted octanol–water partition coefficient (Wildman–Crippen LogP) is 3.81. The Kier molecular flexibility index (Phi) is 7.59. The average Bonchev–Trinajstić information content (AvgIpc) is 3.20. The summed E-state index contributed by atoms with van der Waals surface area (Å²) in [7, 11) is 0. The van der Waals surface area contributed by atoms with Crippen LogP contribution in [0.15, 0.2) is 29.2 Å². The Morgan fingerprint density at radius 1 is 1.19 bits per heavy atom. The van der Waals surface area contributed by atoms with Gasteiger partial charge in [0.15, 0.2) is 6.61 Å². The van der Waals surface area contributed by atoms with Gasteiger partial charge in [0, 0.05) is 23.3 Å². The monoisotopic (exact) mass is 391 g/mol. The van der Waals surface area contributed by atoms with Gasteiger partial charge < -0.3 is 14.8 Å². The molecule has 148 valence electrons. The van der Waals surface area contributed by atoms with Crippen LogP contribution in [0, 0.1) is 5.92 Å². The number of nitrogens with one attached hydrogen (secondary N) is 1. The molecule has 6 heteroatoms. The van der Waals surface area contributed by atoms with Gasteiger partial charge in [-0.2, -0.15) is 0 Å². The number of thioether (sulfide) groups is 1. The van der Waals surface area contributed by atoms with Gasteiger partial charge in [-0.1, -0.05) is 31.9 Å². The number of esters is 1. The molecule has 1 aliphatic heterocycles. The molecule has 27 heavy (non-hydrogen) atoms. The Balaban J connectivity index is 1.49. The van der Waals surface area contributed by atoms with E-state index in [2.05, 4.69) is 12.2 Å². The first-order valence-corrected chi connectivity index (χ1v) is 10.9. The highest BCUT2D eigenvalue weighted by molar-refractivity contribution is 7.99. The van der Waals surface area contributed by atoms with Crippen molar-refractivity contribution in [1.82, 2.24) is 5.32 Å². The lowest BCUT2D eigenvalue weighted by atomic mass is 9.86. The minimum Gasteiger partial charge on any atom is -0.452 e. The van der Waals surface area contributed by atoms with Gasteiger partial charge in [0.1, 0.15) is 0 Å². The molecule has 0 bridgehead atoms. The number of hydrogen-bond acceptors (Lipinski definition) is 5. The lowest BCUT2D eigenvalue weighted by Crippen LogP contribution is -2.42. The van der Waals surface area contributed by atoms with Gasteiger partial charge in [0.25, 0.3) is 5.91 Å². The molecule has 0 spiro atoms. The molecule has 1 saturated heterocycles. The maximum absolute atomic E-state index is 12.5. The number of rotatable bonds is 7. The van der Waals surface area contributed by atoms with Crippen molar-refractivity contribution in [1.29, 1.82) is 0 Å². The van der Waals surface area contributed by atoms with Crippen molar-refractivity contribution in [3.8, 4) is 0 Å². The Bertz CT molecular complexity index is 645. The summed E-state index contributed by atoms with van der Waals surface area (Å²) in [5.41, 5.74) is 0.513. The van der Waals surface area contributed by atoms with Gasteiger partial charge in [-0.25, -0.2) is 4.79 Å². The van der Waals surface area contributed by atoms with Crippen molar-refractivity contribution in [2.75, 3.05) is 19.0 Å². The van der Waals surface area contributed by atoms with Gasteiger partial charge in [0.2, 0.25) is 0 Å². The van der Waals surface area contributed by atoms with Crippen LogP contribution in [-0.2, 0) is 14.3 Å². The molecule has 2 aliphatic rings. The first-order chi connectivity index (χ1) is 13.1. The Labute approximate surface area is 165 Å². The molecular formula is C21H29NO4S. The zero-order valence-electron chi connectivity index (χ0n) is 15.9. The van der Waals surface area contributed by atoms with Crippen molar-refractivity contribution in [2.45, 2.75) is 62.5 Å². The van der Waals surface area contributed by atoms with E-state index in [4.69, 9.17) is 9.47 Å². The van der Waals surface area contributed by atoms with Crippen LogP contribution in [0.5, 0.6) is 0 Å². The summed E-state index contributed by atoms with van der Waals surface area (Å²) in [6, 6.07) is 7.59. The summed E-state index contributed by atoms with van der Waals surface area (Å²) in [5.74, 6) is 0.641. The van der Waals surface area contributed by atoms with E-state index in [1.807, 2.05) is 18.2 Å². The number of carbonyl (C=O) groups is 2. The van der Waals surface area contributed by atoms with Gasteiger partial charge in [-0.15, -0.1) is 11.8 Å². The van der Waals surface area contributed by atoms with Gasteiger partial charge >= 0.3 is 5.97 Å². The molecule has 5 nitrogen and oxygen atoms in total. The summed E-state index contributed by atoms with van der Waals surface area (Å²) >= 11 is 1.61. The fraction of sp³-hybridized carbons (Fsp3) is 0.619. The highest BCUT2D eigenvalue weighted by atomic mass is 32.2. The molecule has 1 amide bonds. The second-order valence-electron chi connectivity index (χ2n) is 7.45. The van der Waals surface area contributed by atoms with Crippen molar-refractivity contribution < 1.29 is 19.1 Å². The van der Waals surface area contributed by atoms with E-state index < -0.39 is 5.97 Å². The quantitative estimate of drug-likeness (QED) is 0.566. The highest BCUT2D eigenvalue weighted by Gasteiger charge is 2.24. The second-order valence-corrected chi connectivity index (χ2v) is 8.52. The molecule has 1 heterocycles. The zero-order valence-corrected chi connectivity index (χ0v) is 16.8. The van der Waals surface area contributed by atoms with Crippen LogP contribution in [0.25, 0.3) is 0 Å². The Morgan fingerprint density at radius 3 is 2.78 bits per heavy atom. The molecule has 1 aromatic carbocycles. The highest BCUT2D eigenvalue weighted by Crippen LogP contribution is 2.27. The van der Waals surface area contributed by atoms with Gasteiger partial charge in [0.05, 0.1) is 11.7 Å². The largest absolute Gasteiger partial charge is 0.452 e. The van der Waals surface area contributed by atoms with Crippen molar-refractivity contribution in [2.24, 2.45) is 5.92 Å². The van der Waals surface area contributed by atoms with Crippen LogP contribution in [0.4, 0.5) is 0 Å². The third-order valence-corrected chi connectivity index (χ3v) is 6.55. The SMILES string of the molecule is C[C@H]1CCCC[C@@H]1NC(=O)COC(=O)c1ccccc1SC[C@@H]1CCCO1. The van der Waals surface area contributed by atoms with Crippen LogP contribution in [0.3, 0.4) is 0 Å². The van der Waals surface area contributed by atoms with Crippen molar-refractivity contribution in [3.05, 3.63) is 29.8 Å². The topological polar surface area (TPSA) is 64.6 Å². The van der Waals surface area contributed by atoms with Crippen LogP contribution < -0.4 is 5.32 Å². The third kappa shape index (κ3) is 5.98. The summed E-state index contributed by atoms with van der Waals surface area (Å²) < 4.78 is 10.9. The van der Waals surface area contributed by atoms with E-state index in [1.54, 1.807) is 17.8 Å². The Morgan fingerprint density at radius 2 is 2.00 bits per heavy atom. The van der Waals surface area contributed by atoms with Crippen LogP contribution >= 0.6 is 11.8 Å². The molecule has 0 unspecified atom stereocenters. The number of ether oxygens (including phenoxy) is 2. The van der Waals surface area contributed by atoms with E-state index in [0.29, 0.717) is 11.5 Å². The van der Waals surface area contributed by atoms with E-state index in [0.717, 1.165) is 49.4 Å². The van der Waals surface area contributed by atoms with Crippen LogP contribution in [0.2, 0.25) is 0 Å². The Hall–Kier alpha value is -1.53. The molecular weight excluding hydrogens is 362 g/mol. The van der Waals surface area contributed by atoms with Crippen molar-refractivity contribution in [3.63, 3.8) is 0 Å². The molecule has 0 radical (unpaired) electrons. The lowest BCUT2D eigenvalue weighted by Gasteiger charge is -2.29. The summed E-state index contributed by atoms with van der Waals surface area (Å²) in [5, 5.41) is 3.01. The van der Waals surface area contributed by atoms with E-state index >= 15 is 0 Å². The lowest BCUT2D eigenvalue weighted by molar-refractivity contribution is -0.125. The average molecular weight is 392 g/mol. The standard InChI is InChI=1S/C21H29NO4S/c1-15-7-2-4-10-18(15)22-20(23)13-26-21(24)17-9-3-5-11-19(17)27-14-16-8-6-12-25-16/h3,5,9,11,15-16,18H,2,4,6-8,10,12-14H2,1H3,(H,22,23)/t15-,16-,18-/m0/s1. The maximum atomic E-state index is 12.5. The molecule has 1 saturated carbocycles. The fourth-order valence-corrected chi connectivity index (χ4v) is 4.82. The number of hydrogen-bond donors (Lipinski definition) is 1. The zero-order chi connectivity index (χ0) is 19.1. The number of carbonyl (C=O) groups excluding carboxylic acids is 2. The molecule has 3 rings (SSSR count). The van der Waals surface area contributed by atoms with E-state index in [1.165, 1.54) is 6.42 Å².